The Morgan fingerprint density at radius 3 is 2.33 bits per heavy atom. The highest BCUT2D eigenvalue weighted by Crippen LogP contribution is 2.37. The van der Waals surface area contributed by atoms with Crippen LogP contribution in [0.5, 0.6) is 0 Å². The smallest absolute Gasteiger partial charge is 0.153 e. The Bertz CT molecular complexity index is 602. The first-order valence-corrected chi connectivity index (χ1v) is 7.83. The fourth-order valence-electron chi connectivity index (χ4n) is 3.19. The molecule has 1 nitrogen and oxygen atoms in total. The van der Waals surface area contributed by atoms with E-state index >= 15 is 0 Å². The molecule has 0 amide bonds. The lowest BCUT2D eigenvalue weighted by atomic mass is 9.77. The van der Waals surface area contributed by atoms with E-state index in [1.54, 1.807) is 6.07 Å². The van der Waals surface area contributed by atoms with Crippen LogP contribution in [0.2, 0.25) is 0 Å². The van der Waals surface area contributed by atoms with E-state index in [9.17, 15) is 0 Å². The number of benzene rings is 1. The van der Waals surface area contributed by atoms with Crippen molar-refractivity contribution in [2.45, 2.75) is 51.4 Å². The fraction of sp³-hybridized carbons (Fsp3) is 0.450. The molecule has 0 N–H and O–H groups in total. The van der Waals surface area contributed by atoms with Crippen molar-refractivity contribution in [3.8, 4) is 29.8 Å². The van der Waals surface area contributed by atoms with Gasteiger partial charge in [-0.15, -0.1) is 0 Å². The first-order chi connectivity index (χ1) is 10.3. The Kier molecular flexibility index (Phi) is 5.94. The summed E-state index contributed by atoms with van der Waals surface area (Å²) in [6, 6.07) is 10.3. The summed E-state index contributed by atoms with van der Waals surface area (Å²) in [5, 5.41) is 8.30. The maximum Gasteiger partial charge on any atom is 0.153 e. The summed E-state index contributed by atoms with van der Waals surface area (Å²) in [5.41, 5.74) is 2.41. The Hall–Kier alpha value is -2.17. The molecular formula is C20H21N. The van der Waals surface area contributed by atoms with Gasteiger partial charge in [-0.1, -0.05) is 37.8 Å². The second-order valence-electron chi connectivity index (χ2n) is 5.74. The molecule has 0 spiro atoms. The number of hydrogen-bond acceptors (Lipinski definition) is 1. The lowest BCUT2D eigenvalue weighted by molar-refractivity contribution is 0.308. The molecule has 0 heterocycles. The van der Waals surface area contributed by atoms with Crippen molar-refractivity contribution in [2.24, 2.45) is 5.92 Å². The van der Waals surface area contributed by atoms with E-state index in [1.165, 1.54) is 44.1 Å². The molecule has 0 saturated heterocycles. The lowest BCUT2D eigenvalue weighted by Gasteiger charge is -2.28. The van der Waals surface area contributed by atoms with E-state index < -0.39 is 0 Å². The van der Waals surface area contributed by atoms with E-state index in [0.29, 0.717) is 0 Å². The normalized spacial score (nSPS) is 20.4. The number of nitrogens with zero attached hydrogens (tertiary/aromatic N) is 1. The minimum Gasteiger partial charge on any atom is -0.183 e. The van der Waals surface area contributed by atoms with Gasteiger partial charge in [0.05, 0.1) is 0 Å². The summed E-state index contributed by atoms with van der Waals surface area (Å²) in [6.45, 7) is 2.28. The average Bonchev–Trinajstić information content (AvgIpc) is 2.53. The minimum atomic E-state index is 0.721. The predicted molar refractivity (Wildman–Crippen MR) is 86.3 cm³/mol. The molecule has 1 aliphatic carbocycles. The van der Waals surface area contributed by atoms with Crippen LogP contribution in [-0.4, -0.2) is 0 Å². The summed E-state index contributed by atoms with van der Waals surface area (Å²) in [5.74, 6) is 12.1. The van der Waals surface area contributed by atoms with Gasteiger partial charge in [-0.05, 0) is 61.1 Å². The predicted octanol–water partition coefficient (Wildman–Crippen LogP) is 4.64. The van der Waals surface area contributed by atoms with Gasteiger partial charge in [0, 0.05) is 17.4 Å². The fourth-order valence-corrected chi connectivity index (χ4v) is 3.19. The van der Waals surface area contributed by atoms with Gasteiger partial charge >= 0.3 is 0 Å². The molecule has 1 saturated carbocycles. The Morgan fingerprint density at radius 2 is 1.71 bits per heavy atom. The number of hydrogen-bond donors (Lipinski definition) is 0. The van der Waals surface area contributed by atoms with Crippen LogP contribution in [0.15, 0.2) is 24.3 Å². The van der Waals surface area contributed by atoms with Gasteiger partial charge in [0.1, 0.15) is 0 Å². The molecule has 0 aliphatic heterocycles. The Labute approximate surface area is 128 Å². The summed E-state index contributed by atoms with van der Waals surface area (Å²) in [4.78, 5) is 0. The zero-order valence-electron chi connectivity index (χ0n) is 12.7. The van der Waals surface area contributed by atoms with Gasteiger partial charge in [-0.3, -0.25) is 0 Å². The third-order valence-corrected chi connectivity index (χ3v) is 4.31. The molecule has 106 valence electrons. The van der Waals surface area contributed by atoms with Gasteiger partial charge < -0.3 is 0 Å². The molecule has 1 heteroatoms. The number of nitriles is 1. The summed E-state index contributed by atoms with van der Waals surface area (Å²) >= 11 is 0. The zero-order chi connectivity index (χ0) is 14.9. The van der Waals surface area contributed by atoms with Crippen LogP contribution in [0.25, 0.3) is 0 Å². The summed E-state index contributed by atoms with van der Waals surface area (Å²) in [6.07, 6.45) is 8.11. The highest BCUT2D eigenvalue weighted by atomic mass is 14.3. The van der Waals surface area contributed by atoms with Crippen LogP contribution in [0.3, 0.4) is 0 Å². The second-order valence-corrected chi connectivity index (χ2v) is 5.74. The molecule has 0 bridgehead atoms. The zero-order valence-corrected chi connectivity index (χ0v) is 12.7. The maximum absolute atomic E-state index is 8.30. The molecule has 0 aromatic heterocycles. The lowest BCUT2D eigenvalue weighted by Crippen LogP contribution is -2.13. The van der Waals surface area contributed by atoms with Gasteiger partial charge in [0.15, 0.2) is 6.07 Å². The van der Waals surface area contributed by atoms with Crippen molar-refractivity contribution in [3.63, 3.8) is 0 Å². The highest BCUT2D eigenvalue weighted by Gasteiger charge is 2.21. The third kappa shape index (κ3) is 4.70. The molecule has 1 aliphatic rings. The monoisotopic (exact) mass is 275 g/mol. The van der Waals surface area contributed by atoms with Crippen molar-refractivity contribution in [3.05, 3.63) is 35.4 Å². The van der Waals surface area contributed by atoms with Crippen LogP contribution in [0.4, 0.5) is 0 Å². The topological polar surface area (TPSA) is 23.8 Å². The van der Waals surface area contributed by atoms with Crippen LogP contribution in [0.1, 0.15) is 62.5 Å². The molecule has 0 atom stereocenters. The molecule has 1 aromatic rings. The van der Waals surface area contributed by atoms with Crippen molar-refractivity contribution in [1.82, 2.24) is 0 Å². The molecule has 1 fully saturated rings. The molecule has 0 unspecified atom stereocenters. The van der Waals surface area contributed by atoms with Gasteiger partial charge in [-0.25, -0.2) is 0 Å². The second kappa shape index (κ2) is 8.19. The molecule has 0 radical (unpaired) electrons. The van der Waals surface area contributed by atoms with E-state index in [1.807, 2.05) is 0 Å². The first-order valence-electron chi connectivity index (χ1n) is 7.83. The first kappa shape index (κ1) is 15.2. The molecular weight excluding hydrogens is 254 g/mol. The van der Waals surface area contributed by atoms with Crippen LogP contribution in [0, 0.1) is 40.9 Å². The van der Waals surface area contributed by atoms with Gasteiger partial charge in [0.2, 0.25) is 0 Å². The highest BCUT2D eigenvalue weighted by molar-refractivity contribution is 5.42. The van der Waals surface area contributed by atoms with Crippen molar-refractivity contribution in [1.29, 1.82) is 5.26 Å². The van der Waals surface area contributed by atoms with Crippen molar-refractivity contribution >= 4 is 0 Å². The quantitative estimate of drug-likeness (QED) is 0.737. The average molecular weight is 275 g/mol. The van der Waals surface area contributed by atoms with E-state index in [2.05, 4.69) is 54.9 Å². The molecule has 21 heavy (non-hydrogen) atoms. The van der Waals surface area contributed by atoms with Crippen molar-refractivity contribution in [2.75, 3.05) is 0 Å². The van der Waals surface area contributed by atoms with E-state index in [0.717, 1.165) is 17.4 Å². The van der Waals surface area contributed by atoms with E-state index in [4.69, 9.17) is 5.26 Å². The number of rotatable bonds is 3. The summed E-state index contributed by atoms with van der Waals surface area (Å²) in [7, 11) is 0. The molecule has 2 rings (SSSR count). The Balaban J connectivity index is 1.94. The minimum absolute atomic E-state index is 0.721. The largest absolute Gasteiger partial charge is 0.183 e. The third-order valence-electron chi connectivity index (χ3n) is 4.31. The van der Waals surface area contributed by atoms with Gasteiger partial charge in [0.25, 0.3) is 0 Å². The maximum atomic E-state index is 8.30. The SMILES string of the molecule is CCC[C@H]1CC[C@H](c2ccc(C#CC#CC#N)cc2)CC1. The summed E-state index contributed by atoms with van der Waals surface area (Å²) < 4.78 is 0. The van der Waals surface area contributed by atoms with Crippen LogP contribution in [-0.2, 0) is 0 Å². The molecule has 1 aromatic carbocycles. The van der Waals surface area contributed by atoms with Crippen LogP contribution < -0.4 is 0 Å². The van der Waals surface area contributed by atoms with E-state index in [-0.39, 0.29) is 0 Å². The van der Waals surface area contributed by atoms with Crippen LogP contribution >= 0.6 is 0 Å². The van der Waals surface area contributed by atoms with Crippen molar-refractivity contribution < 1.29 is 0 Å². The van der Waals surface area contributed by atoms with Gasteiger partial charge in [-0.2, -0.15) is 5.26 Å². The standard InChI is InChI=1S/C20H21N/c1-2-6-17-8-12-19(13-9-17)20-14-10-18(11-15-20)7-4-3-5-16-21/h10-11,14-15,17,19H,2,6,8-9,12-13H2,1H3/t17-,19-. The Morgan fingerprint density at radius 1 is 1.00 bits per heavy atom.